The van der Waals surface area contributed by atoms with Crippen LogP contribution >= 0.6 is 0 Å². The van der Waals surface area contributed by atoms with Crippen molar-refractivity contribution in [2.24, 2.45) is 0 Å². The summed E-state index contributed by atoms with van der Waals surface area (Å²) in [4.78, 5) is 24.8. The molecule has 0 fully saturated rings. The number of aliphatic hydroxyl groups is 1. The van der Waals surface area contributed by atoms with Gasteiger partial charge in [-0.1, -0.05) is 0 Å². The number of nitrogens with one attached hydrogen (secondary N) is 2. The van der Waals surface area contributed by atoms with E-state index in [1.807, 2.05) is 19.0 Å². The van der Waals surface area contributed by atoms with Gasteiger partial charge in [0, 0.05) is 19.6 Å². The van der Waals surface area contributed by atoms with Crippen LogP contribution < -0.4 is 10.6 Å². The maximum absolute atomic E-state index is 11.4. The van der Waals surface area contributed by atoms with E-state index in [1.54, 1.807) is 12.1 Å². The van der Waals surface area contributed by atoms with Crippen LogP contribution in [0.5, 0.6) is 0 Å². The Morgan fingerprint density at radius 2 is 1.95 bits per heavy atom. The third-order valence-corrected chi connectivity index (χ3v) is 2.63. The average molecular weight is 283 g/mol. The lowest BCUT2D eigenvalue weighted by atomic mass is 10.2. The molecule has 112 valence electrons. The Hall–Kier alpha value is -1.86. The number of furan rings is 1. The monoisotopic (exact) mass is 283 g/mol. The van der Waals surface area contributed by atoms with Crippen LogP contribution in [0.1, 0.15) is 18.3 Å². The van der Waals surface area contributed by atoms with Crippen LogP contribution in [-0.4, -0.2) is 55.6 Å². The molecule has 1 aromatic rings. The fourth-order valence-electron chi connectivity index (χ4n) is 1.50. The van der Waals surface area contributed by atoms with E-state index in [0.29, 0.717) is 18.8 Å². The zero-order chi connectivity index (χ0) is 15.0. The van der Waals surface area contributed by atoms with Crippen molar-refractivity contribution in [3.8, 4) is 0 Å². The van der Waals surface area contributed by atoms with Gasteiger partial charge >= 0.3 is 11.8 Å². The van der Waals surface area contributed by atoms with E-state index in [4.69, 9.17) is 4.42 Å². The zero-order valence-electron chi connectivity index (χ0n) is 11.8. The smallest absolute Gasteiger partial charge is 0.309 e. The van der Waals surface area contributed by atoms with Crippen molar-refractivity contribution in [3.05, 3.63) is 24.2 Å². The largest absolute Gasteiger partial charge is 0.467 e. The lowest BCUT2D eigenvalue weighted by molar-refractivity contribution is -0.139. The molecule has 2 amide bonds. The van der Waals surface area contributed by atoms with Crippen LogP contribution in [0.3, 0.4) is 0 Å². The second kappa shape index (κ2) is 8.34. The predicted octanol–water partition coefficient (Wildman–Crippen LogP) is -0.503. The topological polar surface area (TPSA) is 94.8 Å². The first-order valence-electron chi connectivity index (χ1n) is 6.43. The van der Waals surface area contributed by atoms with E-state index in [2.05, 4.69) is 10.6 Å². The normalized spacial score (nSPS) is 12.2. The Bertz CT molecular complexity index is 417. The molecule has 0 saturated heterocycles. The van der Waals surface area contributed by atoms with Crippen LogP contribution in [0.25, 0.3) is 0 Å². The van der Waals surface area contributed by atoms with Crippen molar-refractivity contribution in [3.63, 3.8) is 0 Å². The van der Waals surface area contributed by atoms with E-state index in [0.717, 1.165) is 0 Å². The number of rotatable bonds is 7. The lowest BCUT2D eigenvalue weighted by Crippen LogP contribution is -2.42. The molecule has 0 aliphatic heterocycles. The number of likely N-dealkylation sites (N-methyl/N-ethyl adjacent to an activating group) is 1. The highest BCUT2D eigenvalue weighted by Gasteiger charge is 2.14. The van der Waals surface area contributed by atoms with E-state index in [1.165, 1.54) is 6.26 Å². The third-order valence-electron chi connectivity index (χ3n) is 2.63. The summed E-state index contributed by atoms with van der Waals surface area (Å²) in [6, 6.07) is 3.33. The summed E-state index contributed by atoms with van der Waals surface area (Å²) in [7, 11) is 3.75. The molecule has 3 N–H and O–H groups in total. The molecule has 0 radical (unpaired) electrons. The second-order valence-electron chi connectivity index (χ2n) is 4.63. The summed E-state index contributed by atoms with van der Waals surface area (Å²) in [5.74, 6) is -0.926. The first kappa shape index (κ1) is 16.2. The molecule has 0 bridgehead atoms. The summed E-state index contributed by atoms with van der Waals surface area (Å²) in [6.07, 6.45) is 0.960. The van der Waals surface area contributed by atoms with E-state index in [-0.39, 0.29) is 13.0 Å². The van der Waals surface area contributed by atoms with Gasteiger partial charge in [0.2, 0.25) is 0 Å². The van der Waals surface area contributed by atoms with E-state index < -0.39 is 17.9 Å². The van der Waals surface area contributed by atoms with Crippen molar-refractivity contribution in [1.29, 1.82) is 0 Å². The molecule has 0 aromatic carbocycles. The summed E-state index contributed by atoms with van der Waals surface area (Å²) in [6.45, 7) is 1.27. The molecule has 1 rings (SSSR count). The van der Waals surface area contributed by atoms with E-state index in [9.17, 15) is 14.7 Å². The highest BCUT2D eigenvalue weighted by molar-refractivity contribution is 6.35. The predicted molar refractivity (Wildman–Crippen MR) is 72.9 cm³/mol. The fraction of sp³-hybridized carbons (Fsp3) is 0.538. The van der Waals surface area contributed by atoms with Crippen molar-refractivity contribution >= 4 is 11.8 Å². The molecule has 1 atom stereocenters. The number of hydrogen-bond donors (Lipinski definition) is 3. The molecule has 1 aromatic heterocycles. The minimum atomic E-state index is -0.790. The standard InChI is InChI=1S/C13H21N3O4/c1-16(2)8-7-15-13(19)12(18)14-6-5-10(17)11-4-3-9-20-11/h3-4,9-10,17H,5-8H2,1-2H3,(H,14,18)(H,15,19). The van der Waals surface area contributed by atoms with Gasteiger partial charge in [-0.3, -0.25) is 9.59 Å². The number of aliphatic hydroxyl groups excluding tert-OH is 1. The molecule has 0 spiro atoms. The average Bonchev–Trinajstić information content (AvgIpc) is 2.91. The Morgan fingerprint density at radius 3 is 2.50 bits per heavy atom. The van der Waals surface area contributed by atoms with Crippen molar-refractivity contribution in [2.45, 2.75) is 12.5 Å². The first-order chi connectivity index (χ1) is 9.50. The Labute approximate surface area is 117 Å². The molecular formula is C13H21N3O4. The summed E-state index contributed by atoms with van der Waals surface area (Å²) < 4.78 is 5.03. The van der Waals surface area contributed by atoms with Gasteiger partial charge in [0.15, 0.2) is 0 Å². The number of amides is 2. The Kier molecular flexibility index (Phi) is 6.75. The molecule has 1 unspecified atom stereocenters. The maximum Gasteiger partial charge on any atom is 0.309 e. The van der Waals surface area contributed by atoms with Crippen LogP contribution in [0.15, 0.2) is 22.8 Å². The Morgan fingerprint density at radius 1 is 1.30 bits per heavy atom. The van der Waals surface area contributed by atoms with Crippen LogP contribution in [-0.2, 0) is 9.59 Å². The molecule has 7 nitrogen and oxygen atoms in total. The highest BCUT2D eigenvalue weighted by atomic mass is 16.4. The molecular weight excluding hydrogens is 262 g/mol. The van der Waals surface area contributed by atoms with Gasteiger partial charge in [0.25, 0.3) is 0 Å². The van der Waals surface area contributed by atoms with Crippen molar-refractivity contribution < 1.29 is 19.1 Å². The molecule has 0 aliphatic rings. The number of carbonyl (C=O) groups excluding carboxylic acids is 2. The van der Waals surface area contributed by atoms with Crippen LogP contribution in [0.2, 0.25) is 0 Å². The zero-order valence-corrected chi connectivity index (χ0v) is 11.8. The SMILES string of the molecule is CN(C)CCNC(=O)C(=O)NCCC(O)c1ccco1. The van der Waals surface area contributed by atoms with Gasteiger partial charge in [0.05, 0.1) is 6.26 Å². The van der Waals surface area contributed by atoms with Crippen LogP contribution in [0, 0.1) is 0 Å². The summed E-state index contributed by atoms with van der Waals surface area (Å²) in [5.41, 5.74) is 0. The minimum Gasteiger partial charge on any atom is -0.467 e. The first-order valence-corrected chi connectivity index (χ1v) is 6.43. The van der Waals surface area contributed by atoms with Gasteiger partial charge in [0.1, 0.15) is 11.9 Å². The van der Waals surface area contributed by atoms with Crippen LogP contribution in [0.4, 0.5) is 0 Å². The quantitative estimate of drug-likeness (QED) is 0.586. The third kappa shape index (κ3) is 5.85. The maximum atomic E-state index is 11.4. The second-order valence-corrected chi connectivity index (χ2v) is 4.63. The lowest BCUT2D eigenvalue weighted by Gasteiger charge is -2.11. The number of hydrogen-bond acceptors (Lipinski definition) is 5. The fourth-order valence-corrected chi connectivity index (χ4v) is 1.50. The van der Waals surface area contributed by atoms with Gasteiger partial charge in [-0.25, -0.2) is 0 Å². The molecule has 0 saturated carbocycles. The van der Waals surface area contributed by atoms with Gasteiger partial charge in [-0.2, -0.15) is 0 Å². The number of carbonyl (C=O) groups is 2. The van der Waals surface area contributed by atoms with Gasteiger partial charge < -0.3 is 25.1 Å². The molecule has 20 heavy (non-hydrogen) atoms. The summed E-state index contributed by atoms with van der Waals surface area (Å²) in [5, 5.41) is 14.7. The molecule has 7 heteroatoms. The van der Waals surface area contributed by atoms with Crippen molar-refractivity contribution in [1.82, 2.24) is 15.5 Å². The molecule has 1 heterocycles. The summed E-state index contributed by atoms with van der Waals surface area (Å²) >= 11 is 0. The van der Waals surface area contributed by atoms with Gasteiger partial charge in [-0.15, -0.1) is 0 Å². The molecule has 0 aliphatic carbocycles. The number of nitrogens with zero attached hydrogens (tertiary/aromatic N) is 1. The van der Waals surface area contributed by atoms with Gasteiger partial charge in [-0.05, 0) is 32.6 Å². The van der Waals surface area contributed by atoms with E-state index >= 15 is 0 Å². The Balaban J connectivity index is 2.17. The van der Waals surface area contributed by atoms with Crippen molar-refractivity contribution in [2.75, 3.05) is 33.7 Å². The minimum absolute atomic E-state index is 0.196. The highest BCUT2D eigenvalue weighted by Crippen LogP contribution is 2.15.